The largest absolute Gasteiger partial charge is 0.488 e. The van der Waals surface area contributed by atoms with E-state index in [1.807, 2.05) is 0 Å². The van der Waals surface area contributed by atoms with Gasteiger partial charge in [-0.05, 0) is 82.0 Å². The predicted molar refractivity (Wildman–Crippen MR) is 143 cm³/mol. The highest BCUT2D eigenvalue weighted by Gasteiger charge is 2.46. The molecule has 1 atom stereocenters. The number of hydrogen-bond acceptors (Lipinski definition) is 4. The van der Waals surface area contributed by atoms with Gasteiger partial charge in [0.05, 0.1) is 16.4 Å². The lowest BCUT2D eigenvalue weighted by molar-refractivity contribution is -0.253. The molecule has 224 valence electrons. The first-order valence-corrected chi connectivity index (χ1v) is 14.0. The van der Waals surface area contributed by atoms with Crippen LogP contribution in [-0.4, -0.2) is 31.8 Å². The van der Waals surface area contributed by atoms with Crippen molar-refractivity contribution in [1.82, 2.24) is 4.72 Å². The van der Waals surface area contributed by atoms with Gasteiger partial charge in [-0.15, -0.1) is 0 Å². The summed E-state index contributed by atoms with van der Waals surface area (Å²) in [5.41, 5.74) is -1.88. The van der Waals surface area contributed by atoms with Crippen molar-refractivity contribution in [2.45, 2.75) is 70.0 Å². The van der Waals surface area contributed by atoms with Gasteiger partial charge in [0, 0.05) is 6.07 Å². The summed E-state index contributed by atoms with van der Waals surface area (Å²) in [6.45, 7) is 7.53. The SMILES string of the molecule is CC(C)Oc1ccc([C@@](Cc2ccccc2)(NS(=O)(=O)C(C)(C)C)c2cc(F)cc(OC(F)(F)C(F)F)c2)cc1F. The zero-order valence-corrected chi connectivity index (χ0v) is 23.8. The van der Waals surface area contributed by atoms with Crippen LogP contribution in [0, 0.1) is 11.6 Å². The van der Waals surface area contributed by atoms with E-state index in [0.717, 1.165) is 18.2 Å². The number of rotatable bonds is 11. The van der Waals surface area contributed by atoms with Crippen molar-refractivity contribution in [2.75, 3.05) is 0 Å². The van der Waals surface area contributed by atoms with Crippen LogP contribution in [0.1, 0.15) is 51.3 Å². The molecule has 0 bridgehead atoms. The van der Waals surface area contributed by atoms with Gasteiger partial charge < -0.3 is 9.47 Å². The Morgan fingerprint density at radius 2 is 1.51 bits per heavy atom. The van der Waals surface area contributed by atoms with Crippen LogP contribution in [0.3, 0.4) is 0 Å². The van der Waals surface area contributed by atoms with E-state index >= 15 is 4.39 Å². The summed E-state index contributed by atoms with van der Waals surface area (Å²) in [4.78, 5) is 0. The molecule has 3 aromatic carbocycles. The van der Waals surface area contributed by atoms with Crippen LogP contribution < -0.4 is 14.2 Å². The van der Waals surface area contributed by atoms with Crippen LogP contribution >= 0.6 is 0 Å². The first-order valence-electron chi connectivity index (χ1n) is 12.6. The van der Waals surface area contributed by atoms with Crippen molar-refractivity contribution in [1.29, 1.82) is 0 Å². The highest BCUT2D eigenvalue weighted by molar-refractivity contribution is 7.90. The van der Waals surface area contributed by atoms with Crippen molar-refractivity contribution < 1.29 is 44.2 Å². The Morgan fingerprint density at radius 3 is 2.05 bits per heavy atom. The molecule has 0 aliphatic heterocycles. The lowest BCUT2D eigenvalue weighted by Gasteiger charge is -2.38. The van der Waals surface area contributed by atoms with Crippen LogP contribution in [0.15, 0.2) is 66.7 Å². The van der Waals surface area contributed by atoms with E-state index in [2.05, 4.69) is 9.46 Å². The summed E-state index contributed by atoms with van der Waals surface area (Å²) in [5, 5.41) is 0. The molecule has 0 saturated heterocycles. The fourth-order valence-electron chi connectivity index (χ4n) is 3.99. The van der Waals surface area contributed by atoms with E-state index in [9.17, 15) is 30.4 Å². The zero-order chi connectivity index (χ0) is 30.8. The molecule has 3 aromatic rings. The van der Waals surface area contributed by atoms with Crippen molar-refractivity contribution in [2.24, 2.45) is 0 Å². The molecule has 41 heavy (non-hydrogen) atoms. The maximum atomic E-state index is 15.3. The average Bonchev–Trinajstić information content (AvgIpc) is 2.83. The fourth-order valence-corrected chi connectivity index (χ4v) is 5.07. The second kappa shape index (κ2) is 11.9. The standard InChI is InChI=1S/C29H31F6NO4S/c1-18(2)39-25-12-11-20(15-24(25)31)28(17-19-9-7-6-8-10-19,36-41(37,38)27(3,4)5)21-13-22(30)16-23(14-21)40-29(34,35)26(32)33/h6-16,18,26,36H,17H2,1-5H3/t28-/m1/s1. The van der Waals surface area contributed by atoms with Crippen molar-refractivity contribution in [3.05, 3.63) is 95.1 Å². The molecule has 3 rings (SSSR count). The molecule has 0 fully saturated rings. The van der Waals surface area contributed by atoms with Gasteiger partial charge in [-0.2, -0.15) is 22.3 Å². The normalized spacial score (nSPS) is 14.3. The number of nitrogens with one attached hydrogen (secondary N) is 1. The lowest BCUT2D eigenvalue weighted by Crippen LogP contribution is -2.53. The summed E-state index contributed by atoms with van der Waals surface area (Å²) in [5.74, 6) is -3.19. The van der Waals surface area contributed by atoms with Crippen molar-refractivity contribution >= 4 is 10.0 Å². The highest BCUT2D eigenvalue weighted by Crippen LogP contribution is 2.40. The van der Waals surface area contributed by atoms with Crippen LogP contribution in [0.4, 0.5) is 26.3 Å². The zero-order valence-electron chi connectivity index (χ0n) is 23.0. The average molecular weight is 604 g/mol. The maximum absolute atomic E-state index is 15.3. The van der Waals surface area contributed by atoms with E-state index in [4.69, 9.17) is 4.74 Å². The summed E-state index contributed by atoms with van der Waals surface area (Å²) in [6.07, 6.45) is -9.87. The Hall–Kier alpha value is -3.25. The second-order valence-electron chi connectivity index (χ2n) is 10.7. The van der Waals surface area contributed by atoms with Gasteiger partial charge >= 0.3 is 12.5 Å². The summed E-state index contributed by atoms with van der Waals surface area (Å²) >= 11 is 0. The van der Waals surface area contributed by atoms with Gasteiger partial charge in [0.1, 0.15) is 11.6 Å². The Balaban J connectivity index is 2.39. The first kappa shape index (κ1) is 32.3. The number of halogens is 6. The van der Waals surface area contributed by atoms with Gasteiger partial charge in [-0.1, -0.05) is 36.4 Å². The predicted octanol–water partition coefficient (Wildman–Crippen LogP) is 7.19. The van der Waals surface area contributed by atoms with E-state index < -0.39 is 56.3 Å². The number of benzene rings is 3. The molecule has 0 saturated carbocycles. The molecule has 5 nitrogen and oxygen atoms in total. The monoisotopic (exact) mass is 603 g/mol. The van der Waals surface area contributed by atoms with E-state index in [0.29, 0.717) is 11.6 Å². The van der Waals surface area contributed by atoms with Crippen LogP contribution in [-0.2, 0) is 22.0 Å². The number of sulfonamides is 1. The Morgan fingerprint density at radius 1 is 0.878 bits per heavy atom. The van der Waals surface area contributed by atoms with Crippen LogP contribution in [0.5, 0.6) is 11.5 Å². The molecule has 0 spiro atoms. The Labute approximate surface area is 235 Å². The first-order chi connectivity index (χ1) is 18.9. The minimum absolute atomic E-state index is 0.0417. The summed E-state index contributed by atoms with van der Waals surface area (Å²) in [6, 6.07) is 14.0. The van der Waals surface area contributed by atoms with E-state index in [1.54, 1.807) is 44.2 Å². The van der Waals surface area contributed by atoms with Gasteiger partial charge in [-0.25, -0.2) is 17.2 Å². The second-order valence-corrected chi connectivity index (χ2v) is 13.2. The molecule has 0 heterocycles. The summed E-state index contributed by atoms with van der Waals surface area (Å²) < 4.78 is 122. The van der Waals surface area contributed by atoms with Crippen molar-refractivity contribution in [3.63, 3.8) is 0 Å². The lowest BCUT2D eigenvalue weighted by atomic mass is 9.78. The topological polar surface area (TPSA) is 64.6 Å². The highest BCUT2D eigenvalue weighted by atomic mass is 32.2. The van der Waals surface area contributed by atoms with Gasteiger partial charge in [0.25, 0.3) is 0 Å². The van der Waals surface area contributed by atoms with Crippen LogP contribution in [0.2, 0.25) is 0 Å². The van der Waals surface area contributed by atoms with Crippen LogP contribution in [0.25, 0.3) is 0 Å². The third kappa shape index (κ3) is 7.53. The van der Waals surface area contributed by atoms with Gasteiger partial charge in [-0.3, -0.25) is 0 Å². The van der Waals surface area contributed by atoms with E-state index in [1.165, 1.54) is 32.9 Å². The molecular formula is C29H31F6NO4S. The molecule has 0 unspecified atom stereocenters. The van der Waals surface area contributed by atoms with Gasteiger partial charge in [0.2, 0.25) is 10.0 Å². The van der Waals surface area contributed by atoms with Crippen molar-refractivity contribution in [3.8, 4) is 11.5 Å². The molecule has 1 N–H and O–H groups in total. The number of alkyl halides is 4. The maximum Gasteiger partial charge on any atom is 0.461 e. The quantitative estimate of drug-likeness (QED) is 0.236. The molecule has 0 aliphatic rings. The summed E-state index contributed by atoms with van der Waals surface area (Å²) in [7, 11) is -4.32. The third-order valence-corrected chi connectivity index (χ3v) is 8.32. The smallest absolute Gasteiger partial charge is 0.461 e. The number of hydrogen-bond donors (Lipinski definition) is 1. The number of ether oxygens (including phenoxy) is 2. The molecule has 0 aromatic heterocycles. The molecule has 0 aliphatic carbocycles. The minimum atomic E-state index is -4.97. The van der Waals surface area contributed by atoms with Gasteiger partial charge in [0.15, 0.2) is 11.6 Å². The molecule has 12 heteroatoms. The fraction of sp³-hybridized carbons (Fsp3) is 0.379. The third-order valence-electron chi connectivity index (χ3n) is 6.09. The Bertz CT molecular complexity index is 1460. The minimum Gasteiger partial charge on any atom is -0.488 e. The van der Waals surface area contributed by atoms with E-state index in [-0.39, 0.29) is 23.3 Å². The Kier molecular flexibility index (Phi) is 9.39. The molecule has 0 amide bonds. The molecule has 0 radical (unpaired) electrons. The molecular weight excluding hydrogens is 572 g/mol.